The molecule has 7 rings (SSSR count). The third kappa shape index (κ3) is 93.9. The molecule has 0 spiro atoms. The molecule has 0 aromatic heterocycles. The molecule has 0 amide bonds. The van der Waals surface area contributed by atoms with Gasteiger partial charge in [-0.2, -0.15) is 5.26 Å². The van der Waals surface area contributed by atoms with Crippen LogP contribution in [0.1, 0.15) is 360 Å². The first-order valence-corrected chi connectivity index (χ1v) is 59.8. The van der Waals surface area contributed by atoms with Crippen LogP contribution >= 0.6 is 38.5 Å². The highest BCUT2D eigenvalue weighted by atomic mass is 127. The second-order valence-corrected chi connectivity index (χ2v) is 61.9. The molecule has 1 aliphatic heterocycles. The van der Waals surface area contributed by atoms with Crippen molar-refractivity contribution >= 4 is 61.2 Å². The fourth-order valence-electron chi connectivity index (χ4n) is 12.0. The second-order valence-electron chi connectivity index (χ2n) is 49.5. The number of ether oxygens (including phenoxy) is 14. The Morgan fingerprint density at radius 2 is 0.696 bits per heavy atom. The fourth-order valence-corrected chi connectivity index (χ4v) is 19.1. The largest absolute Gasteiger partial charge is 0.414 e. The van der Waals surface area contributed by atoms with Gasteiger partial charge in [0, 0.05) is 19.6 Å². The maximum absolute atomic E-state index is 8.61. The Balaban J connectivity index is -0.000000774. The zero-order valence-corrected chi connectivity index (χ0v) is 107. The van der Waals surface area contributed by atoms with Crippen LogP contribution in [0.3, 0.4) is 0 Å². The van der Waals surface area contributed by atoms with E-state index in [9.17, 15) is 0 Å². The fraction of sp³-hybridized carbons (Fsp3) is 0.653. The molecule has 20 nitrogen and oxygen atoms in total. The molecule has 1 saturated heterocycles. The first kappa shape index (κ1) is 149. The van der Waals surface area contributed by atoms with Gasteiger partial charge in [0.1, 0.15) is 0 Å². The average molecular weight is 2280 g/mol. The summed E-state index contributed by atoms with van der Waals surface area (Å²) in [6, 6.07) is 52.5. The highest BCUT2D eigenvalue weighted by Crippen LogP contribution is 2.42. The lowest BCUT2D eigenvalue weighted by Crippen LogP contribution is -2.48. The van der Waals surface area contributed by atoms with Crippen LogP contribution < -0.4 is 0 Å². The quantitative estimate of drug-likeness (QED) is 0.00673. The molecule has 1 atom stereocenters. The Hall–Kier alpha value is -5.66. The number of benzene rings is 6. The third-order valence-corrected chi connectivity index (χ3v) is 32.5. The molecule has 1 heterocycles. The number of nitrogens with zero attached hydrogens (tertiary/aromatic N) is 4. The van der Waals surface area contributed by atoms with Crippen molar-refractivity contribution in [3.05, 3.63) is 252 Å². The lowest BCUT2D eigenvalue weighted by Gasteiger charge is -2.42. The molecule has 0 saturated carbocycles. The summed E-state index contributed by atoms with van der Waals surface area (Å²) in [7, 11) is -3.29. The van der Waals surface area contributed by atoms with Gasteiger partial charge >= 0.3 is 0 Å². The van der Waals surface area contributed by atoms with Crippen molar-refractivity contribution in [2.75, 3.05) is 72.7 Å². The first-order chi connectivity index (χ1) is 67.7. The highest BCUT2D eigenvalue weighted by Gasteiger charge is 2.45. The summed E-state index contributed by atoms with van der Waals surface area (Å²) in [4.78, 5) is 2.72. The van der Waals surface area contributed by atoms with Gasteiger partial charge in [-0.05, 0) is 392 Å². The maximum Gasteiger partial charge on any atom is 0.200 e. The standard InChI is InChI=1S/C15H34O2Si.C13H18O.C12H17N3O.C12H15NO.C12H28O2Si.C11H15BrO.C11H15IO.C11H22O3.C11H16O.C9H18O2.C7H14O/c1-12(2)18(13(3)4,14(5)6)17-11-10-16-15(7,8)9;1-5-11-6-8-12(9-7-11)10-14-13(2,3)4;1-12(2,3)16-9-11-6-4-10(5-7-11)8-14-15-13;1-12(2,3)14-9-11-6-4-10(8-13)5-7-11;1-11(2,3)13-9-10-14-15(7,8)12(4,5)6;2*1-11(2,3)13-8-9-4-6-10(12)7-5-9;1-11(2,3)14-9-8-13-10-6-4-5-7-12-10;1-11(2,3)12-9-10-7-5-4-6-8-10;1-5-6-10-7-8-11-9(2,3)4;1-5-6-8-7(2,3)4/h12-14H,10-11H2,1-9H3;5-9H,1,10H2,2-4H3;4-7H,8-9H2,1-3H3;4-7H,9H2,1-3H3;9-10H2,1-8H3;2*4-7H,8H2,1-3H3;10H,4-9H2,1-3H3;4-8H,9H2,1-3H3;5H,1,6-8H2,2-4H3;5H,1,6H2,2-4H3. The van der Waals surface area contributed by atoms with Crippen molar-refractivity contribution in [1.82, 2.24) is 0 Å². The lowest BCUT2D eigenvalue weighted by atomic mass is 10.1. The molecule has 846 valence electrons. The summed E-state index contributed by atoms with van der Waals surface area (Å²) >= 11 is 5.70. The van der Waals surface area contributed by atoms with Crippen LogP contribution in [0, 0.1) is 14.9 Å². The Labute approximate surface area is 929 Å². The van der Waals surface area contributed by atoms with Crippen LogP contribution in [0.5, 0.6) is 0 Å². The van der Waals surface area contributed by atoms with E-state index >= 15 is 0 Å². The van der Waals surface area contributed by atoms with Crippen molar-refractivity contribution < 1.29 is 75.2 Å². The van der Waals surface area contributed by atoms with E-state index in [1.54, 1.807) is 24.3 Å². The molecule has 1 aliphatic rings. The lowest BCUT2D eigenvalue weighted by molar-refractivity contribution is -0.174. The van der Waals surface area contributed by atoms with Crippen molar-refractivity contribution in [2.45, 2.75) is 459 Å². The average Bonchev–Trinajstić information content (AvgIpc) is 0.804. The third-order valence-electron chi connectivity index (χ3n) is 20.6. The Kier molecular flexibility index (Phi) is 76.3. The summed E-state index contributed by atoms with van der Waals surface area (Å²) in [6.07, 6.45) is 8.74. The number of hydrogen-bond acceptors (Lipinski definition) is 18. The van der Waals surface area contributed by atoms with E-state index in [0.29, 0.717) is 128 Å². The molecule has 148 heavy (non-hydrogen) atoms. The van der Waals surface area contributed by atoms with Gasteiger partial charge in [0.2, 0.25) is 0 Å². The van der Waals surface area contributed by atoms with E-state index in [1.807, 2.05) is 189 Å². The summed E-state index contributed by atoms with van der Waals surface area (Å²) in [5.74, 6) is 0. The van der Waals surface area contributed by atoms with Crippen LogP contribution in [-0.2, 0) is 121 Å². The van der Waals surface area contributed by atoms with E-state index in [2.05, 4.69) is 335 Å². The summed E-state index contributed by atoms with van der Waals surface area (Å²) in [6.45, 7) is 116. The Bertz CT molecular complexity index is 4320. The summed E-state index contributed by atoms with van der Waals surface area (Å²) in [5.41, 5.74) is 19.3. The first-order valence-electron chi connectivity index (χ1n) is 52.9. The Morgan fingerprint density at radius 1 is 0.392 bits per heavy atom. The van der Waals surface area contributed by atoms with Crippen molar-refractivity contribution in [3.8, 4) is 6.07 Å². The molecule has 1 fully saturated rings. The van der Waals surface area contributed by atoms with E-state index in [1.165, 1.54) is 38.7 Å². The highest BCUT2D eigenvalue weighted by molar-refractivity contribution is 14.1. The van der Waals surface area contributed by atoms with E-state index in [-0.39, 0.29) is 72.9 Å². The van der Waals surface area contributed by atoms with Gasteiger partial charge in [0.15, 0.2) is 22.9 Å². The summed E-state index contributed by atoms with van der Waals surface area (Å²) in [5, 5.41) is 12.4. The van der Waals surface area contributed by atoms with Gasteiger partial charge in [-0.15, -0.1) is 13.2 Å². The number of azide groups is 1. The SMILES string of the molecule is C=CCOC(C)(C)C.C=CCOCCOC(C)(C)C.C=Cc1ccc(COC(C)(C)C)cc1.CC(C)(C)OCCOC1CCCCO1.CC(C)(C)OCCO[Si](C)(C)C(C)(C)C.CC(C)(C)OCc1ccc(Br)cc1.CC(C)(C)OCc1ccc(C#N)cc1.CC(C)(C)OCc1ccc(CN=[N+]=[N-])cc1.CC(C)(C)OCc1ccc(I)cc1.CC(C)(C)OCc1ccccc1.CC(C)[Si](OCCOC(C)(C)C)(C(C)C)C(C)C. The van der Waals surface area contributed by atoms with Gasteiger partial charge in [-0.3, -0.25) is 0 Å². The minimum absolute atomic E-state index is 0.00678. The molecular weight excluding hydrogens is 2060 g/mol. The minimum Gasteiger partial charge on any atom is -0.414 e. The number of hydrogen-bond donors (Lipinski definition) is 0. The van der Waals surface area contributed by atoms with Crippen LogP contribution in [0.15, 0.2) is 193 Å². The molecule has 0 N–H and O–H groups in total. The Morgan fingerprint density at radius 3 is 0.993 bits per heavy atom. The van der Waals surface area contributed by atoms with Crippen LogP contribution in [0.2, 0.25) is 34.8 Å². The molecular formula is C124H212BrIN4O16Si2. The van der Waals surface area contributed by atoms with Crippen LogP contribution in [-0.4, -0.2) is 157 Å². The predicted octanol–water partition coefficient (Wildman–Crippen LogP) is 35.9. The van der Waals surface area contributed by atoms with Gasteiger partial charge in [-0.1, -0.05) is 223 Å². The molecule has 0 aliphatic carbocycles. The monoisotopic (exact) mass is 2280 g/mol. The second kappa shape index (κ2) is 76.0. The predicted molar refractivity (Wildman–Crippen MR) is 643 cm³/mol. The zero-order chi connectivity index (χ0) is 115. The van der Waals surface area contributed by atoms with E-state index in [4.69, 9.17) is 86.0 Å². The number of nitriles is 1. The topological polar surface area (TPSA) is 220 Å². The molecule has 0 radical (unpaired) electrons. The van der Waals surface area contributed by atoms with Crippen molar-refractivity contribution in [1.29, 1.82) is 5.26 Å². The molecule has 1 unspecified atom stereocenters. The van der Waals surface area contributed by atoms with Gasteiger partial charge in [0.25, 0.3) is 0 Å². The van der Waals surface area contributed by atoms with E-state index < -0.39 is 16.6 Å². The maximum atomic E-state index is 8.61. The van der Waals surface area contributed by atoms with Gasteiger partial charge in [0.05, 0.1) is 185 Å². The number of halogens is 2. The molecule has 6 aromatic carbocycles. The van der Waals surface area contributed by atoms with Crippen LogP contribution in [0.4, 0.5) is 0 Å². The molecule has 24 heteroatoms. The van der Waals surface area contributed by atoms with Crippen LogP contribution in [0.25, 0.3) is 16.5 Å². The summed E-state index contributed by atoms with van der Waals surface area (Å²) < 4.78 is 92.3. The zero-order valence-electron chi connectivity index (χ0n) is 102. The van der Waals surface area contributed by atoms with Gasteiger partial charge in [-0.25, -0.2) is 0 Å². The molecule has 6 aromatic rings. The van der Waals surface area contributed by atoms with Crippen molar-refractivity contribution in [3.63, 3.8) is 0 Å². The smallest absolute Gasteiger partial charge is 0.200 e. The normalized spacial score (nSPS) is 13.2. The minimum atomic E-state index is -1.70. The van der Waals surface area contributed by atoms with E-state index in [0.717, 1.165) is 46.4 Å². The molecule has 0 bridgehead atoms. The van der Waals surface area contributed by atoms with Crippen molar-refractivity contribution in [2.24, 2.45) is 5.11 Å². The van der Waals surface area contributed by atoms with Gasteiger partial charge < -0.3 is 75.2 Å². The number of rotatable bonds is 37.